The largest absolute Gasteiger partial charge is 0.385 e. The third-order valence-corrected chi connectivity index (χ3v) is 7.87. The van der Waals surface area contributed by atoms with Crippen LogP contribution >= 0.6 is 11.6 Å². The van der Waals surface area contributed by atoms with Crippen molar-refractivity contribution in [2.24, 2.45) is 4.99 Å². The fourth-order valence-corrected chi connectivity index (χ4v) is 5.72. The number of benzene rings is 3. The summed E-state index contributed by atoms with van der Waals surface area (Å²) in [5.74, 6) is -0.816. The van der Waals surface area contributed by atoms with E-state index in [9.17, 15) is 22.7 Å². The van der Waals surface area contributed by atoms with Crippen molar-refractivity contribution in [3.63, 3.8) is 0 Å². The average molecular weight is 530 g/mol. The van der Waals surface area contributed by atoms with Crippen LogP contribution in [-0.2, 0) is 15.6 Å². The summed E-state index contributed by atoms with van der Waals surface area (Å²) in [6.07, 6.45) is 2.07. The molecule has 0 spiro atoms. The molecule has 3 aromatic carbocycles. The minimum atomic E-state index is -4.04. The number of piperidine rings is 1. The number of hydrogen-bond donors (Lipinski definition) is 2. The monoisotopic (exact) mass is 529 g/mol. The summed E-state index contributed by atoms with van der Waals surface area (Å²) in [5.41, 5.74) is 0.175. The maximum atomic E-state index is 13.6. The number of sulfonamides is 1. The summed E-state index contributed by atoms with van der Waals surface area (Å²) in [7, 11) is -4.04. The first kappa shape index (κ1) is 25.8. The Morgan fingerprint density at radius 2 is 1.78 bits per heavy atom. The number of likely N-dealkylation sites (tertiary alicyclic amines) is 1. The van der Waals surface area contributed by atoms with Gasteiger partial charge in [-0.3, -0.25) is 14.5 Å². The lowest BCUT2D eigenvalue weighted by Gasteiger charge is -2.39. The number of amides is 1. The lowest BCUT2D eigenvalue weighted by Crippen LogP contribution is -2.45. The molecular formula is C26H25ClFN3O4S. The van der Waals surface area contributed by atoms with E-state index in [1.165, 1.54) is 30.5 Å². The Morgan fingerprint density at radius 1 is 1.11 bits per heavy atom. The van der Waals surface area contributed by atoms with Crippen molar-refractivity contribution in [2.45, 2.75) is 30.3 Å². The van der Waals surface area contributed by atoms with Crippen molar-refractivity contribution >= 4 is 45.1 Å². The third kappa shape index (κ3) is 5.43. The van der Waals surface area contributed by atoms with E-state index in [2.05, 4.69) is 9.71 Å². The van der Waals surface area contributed by atoms with Crippen LogP contribution in [0.2, 0.25) is 5.02 Å². The van der Waals surface area contributed by atoms with E-state index in [0.29, 0.717) is 42.1 Å². The topological polar surface area (TPSA) is 99.1 Å². The van der Waals surface area contributed by atoms with Crippen LogP contribution in [0.1, 0.15) is 35.7 Å². The molecule has 0 saturated carbocycles. The molecule has 0 aromatic heterocycles. The molecule has 1 aliphatic heterocycles. The van der Waals surface area contributed by atoms with E-state index in [-0.39, 0.29) is 22.2 Å². The van der Waals surface area contributed by atoms with Crippen LogP contribution in [-0.4, -0.2) is 43.6 Å². The molecule has 0 unspecified atom stereocenters. The van der Waals surface area contributed by atoms with E-state index in [0.717, 1.165) is 18.2 Å². The number of nitrogens with zero attached hydrogens (tertiary/aromatic N) is 2. The van der Waals surface area contributed by atoms with Gasteiger partial charge in [-0.2, -0.15) is 0 Å². The quantitative estimate of drug-likeness (QED) is 0.433. The number of rotatable bonds is 6. The molecule has 1 saturated heterocycles. The standard InChI is InChI=1S/C26H25ClFN3O4S/c1-2-29-23-17-19(28)9-12-24(23)36(34,35)30-20-10-7-18(8-11-20)25(32)31-15-13-26(33,14-16-31)21-5-3-4-6-22(21)27/h2-12,17,30,33H,13-16H2,1H3. The van der Waals surface area contributed by atoms with Crippen molar-refractivity contribution in [3.8, 4) is 0 Å². The van der Waals surface area contributed by atoms with Gasteiger partial charge < -0.3 is 10.0 Å². The first-order valence-electron chi connectivity index (χ1n) is 11.3. The highest BCUT2D eigenvalue weighted by Gasteiger charge is 2.37. The van der Waals surface area contributed by atoms with Crippen molar-refractivity contribution in [3.05, 3.63) is 88.7 Å². The lowest BCUT2D eigenvalue weighted by atomic mass is 9.84. The summed E-state index contributed by atoms with van der Waals surface area (Å²) in [6.45, 7) is 2.30. The molecule has 1 amide bonds. The van der Waals surface area contributed by atoms with Crippen LogP contribution in [0, 0.1) is 5.82 Å². The Morgan fingerprint density at radius 3 is 2.42 bits per heavy atom. The fraction of sp³-hybridized carbons (Fsp3) is 0.231. The van der Waals surface area contributed by atoms with E-state index >= 15 is 0 Å². The average Bonchev–Trinajstić information content (AvgIpc) is 2.85. The highest BCUT2D eigenvalue weighted by atomic mass is 35.5. The molecular weight excluding hydrogens is 505 g/mol. The minimum absolute atomic E-state index is 0.0151. The second kappa shape index (κ2) is 10.4. The van der Waals surface area contributed by atoms with Gasteiger partial charge >= 0.3 is 0 Å². The van der Waals surface area contributed by atoms with Crippen LogP contribution in [0.25, 0.3) is 0 Å². The molecule has 188 valence electrons. The molecule has 0 bridgehead atoms. The highest BCUT2D eigenvalue weighted by Crippen LogP contribution is 2.37. The molecule has 1 aliphatic rings. The molecule has 1 heterocycles. The zero-order valence-corrected chi connectivity index (χ0v) is 21.1. The summed E-state index contributed by atoms with van der Waals surface area (Å²) < 4.78 is 41.7. The molecule has 7 nitrogen and oxygen atoms in total. The third-order valence-electron chi connectivity index (χ3n) is 6.12. The van der Waals surface area contributed by atoms with E-state index in [4.69, 9.17) is 11.6 Å². The molecule has 0 atom stereocenters. The second-order valence-electron chi connectivity index (χ2n) is 8.49. The van der Waals surface area contributed by atoms with Crippen LogP contribution in [0.5, 0.6) is 0 Å². The van der Waals surface area contributed by atoms with Gasteiger partial charge in [0.15, 0.2) is 0 Å². The molecule has 36 heavy (non-hydrogen) atoms. The predicted molar refractivity (Wildman–Crippen MR) is 138 cm³/mol. The van der Waals surface area contributed by atoms with Crippen LogP contribution in [0.3, 0.4) is 0 Å². The number of aliphatic hydroxyl groups is 1. The van der Waals surface area contributed by atoms with Gasteiger partial charge in [0.25, 0.3) is 15.9 Å². The summed E-state index contributed by atoms with van der Waals surface area (Å²) >= 11 is 6.26. The smallest absolute Gasteiger partial charge is 0.264 e. The molecule has 10 heteroatoms. The number of halogens is 2. The predicted octanol–water partition coefficient (Wildman–Crippen LogP) is 5.13. The second-order valence-corrected chi connectivity index (χ2v) is 10.5. The van der Waals surface area contributed by atoms with Gasteiger partial charge in [0.2, 0.25) is 0 Å². The Hall–Kier alpha value is -3.27. The Labute approximate surface area is 214 Å². The zero-order chi connectivity index (χ0) is 25.9. The van der Waals surface area contributed by atoms with Gasteiger partial charge in [0, 0.05) is 47.2 Å². The Kier molecular flexibility index (Phi) is 7.44. The van der Waals surface area contributed by atoms with Gasteiger partial charge in [-0.15, -0.1) is 0 Å². The van der Waals surface area contributed by atoms with E-state index < -0.39 is 21.4 Å². The number of hydrogen-bond acceptors (Lipinski definition) is 5. The Bertz CT molecular complexity index is 1400. The van der Waals surface area contributed by atoms with Crippen LogP contribution in [0.15, 0.2) is 76.6 Å². The molecule has 3 aromatic rings. The Balaban J connectivity index is 1.44. The fourth-order valence-electron chi connectivity index (χ4n) is 4.22. The maximum Gasteiger partial charge on any atom is 0.264 e. The molecule has 1 fully saturated rings. The molecule has 2 N–H and O–H groups in total. The van der Waals surface area contributed by atoms with Crippen LogP contribution < -0.4 is 4.72 Å². The van der Waals surface area contributed by atoms with Gasteiger partial charge in [0.05, 0.1) is 11.3 Å². The first-order chi connectivity index (χ1) is 17.1. The molecule has 0 aliphatic carbocycles. The van der Waals surface area contributed by atoms with E-state index in [1.807, 2.05) is 6.07 Å². The van der Waals surface area contributed by atoms with Crippen molar-refractivity contribution in [1.82, 2.24) is 4.90 Å². The number of anilines is 1. The van der Waals surface area contributed by atoms with Gasteiger partial charge in [-0.05, 0) is 62.2 Å². The number of carbonyl (C=O) groups excluding carboxylic acids is 1. The number of aliphatic imine (C=N–C) groups is 1. The van der Waals surface area contributed by atoms with Gasteiger partial charge in [-0.1, -0.05) is 29.8 Å². The van der Waals surface area contributed by atoms with E-state index in [1.54, 1.807) is 30.0 Å². The number of carbonyl (C=O) groups is 1. The SMILES string of the molecule is CC=Nc1cc(F)ccc1S(=O)(=O)Nc1ccc(C(=O)N2CCC(O)(c3ccccc3Cl)CC2)cc1. The zero-order valence-electron chi connectivity index (χ0n) is 19.5. The minimum Gasteiger partial charge on any atom is -0.385 e. The lowest BCUT2D eigenvalue weighted by molar-refractivity contribution is -0.0210. The van der Waals surface area contributed by atoms with Gasteiger partial charge in [-0.25, -0.2) is 12.8 Å². The van der Waals surface area contributed by atoms with Crippen molar-refractivity contribution < 1.29 is 22.7 Å². The molecule has 0 radical (unpaired) electrons. The van der Waals surface area contributed by atoms with Crippen LogP contribution in [0.4, 0.5) is 15.8 Å². The van der Waals surface area contributed by atoms with Crippen molar-refractivity contribution in [2.75, 3.05) is 17.8 Å². The highest BCUT2D eigenvalue weighted by molar-refractivity contribution is 7.92. The number of nitrogens with one attached hydrogen (secondary N) is 1. The summed E-state index contributed by atoms with van der Waals surface area (Å²) in [5, 5.41) is 11.6. The maximum absolute atomic E-state index is 13.6. The molecule has 4 rings (SSSR count). The van der Waals surface area contributed by atoms with Gasteiger partial charge in [0.1, 0.15) is 10.7 Å². The van der Waals surface area contributed by atoms with Crippen molar-refractivity contribution in [1.29, 1.82) is 0 Å². The first-order valence-corrected chi connectivity index (χ1v) is 13.2. The summed E-state index contributed by atoms with van der Waals surface area (Å²) in [6, 6.07) is 16.4. The normalized spacial score (nSPS) is 15.7. The summed E-state index contributed by atoms with van der Waals surface area (Å²) in [4.78, 5) is 18.4.